The summed E-state index contributed by atoms with van der Waals surface area (Å²) in [6.07, 6.45) is 1.83. The Morgan fingerprint density at radius 1 is 0.816 bits per heavy atom. The number of hydrogen-bond donors (Lipinski definition) is 0. The molecule has 0 amide bonds. The van der Waals surface area contributed by atoms with E-state index in [4.69, 9.17) is 14.2 Å². The van der Waals surface area contributed by atoms with Gasteiger partial charge in [0.1, 0.15) is 5.75 Å². The van der Waals surface area contributed by atoms with Gasteiger partial charge in [-0.05, 0) is 30.7 Å². The highest BCUT2D eigenvalue weighted by molar-refractivity contribution is 7.91. The van der Waals surface area contributed by atoms with Crippen molar-refractivity contribution in [3.05, 3.63) is 125 Å². The molecule has 0 radical (unpaired) electrons. The predicted octanol–water partition coefficient (Wildman–Crippen LogP) is 6.56. The molecule has 1 atom stereocenters. The van der Waals surface area contributed by atoms with Crippen LogP contribution < -0.4 is 4.74 Å². The monoisotopic (exact) mass is 528 g/mol. The Kier molecular flexibility index (Phi) is 9.37. The van der Waals surface area contributed by atoms with Crippen LogP contribution in [0.25, 0.3) is 0 Å². The molecule has 0 saturated heterocycles. The maximum absolute atomic E-state index is 12.7. The summed E-state index contributed by atoms with van der Waals surface area (Å²) in [6.45, 7) is 2.81. The van der Waals surface area contributed by atoms with E-state index >= 15 is 0 Å². The first kappa shape index (κ1) is 27.6. The lowest BCUT2D eigenvalue weighted by atomic mass is 9.96. The molecule has 1 unspecified atom stereocenters. The molecule has 1 heterocycles. The first-order chi connectivity index (χ1) is 18.5. The number of ketones is 1. The van der Waals surface area contributed by atoms with Gasteiger partial charge in [-0.2, -0.15) is 0 Å². The molecule has 6 heteroatoms. The largest absolute Gasteiger partial charge is 0.606 e. The van der Waals surface area contributed by atoms with E-state index < -0.39 is 17.0 Å². The molecule has 0 aromatic heterocycles. The van der Waals surface area contributed by atoms with Crippen molar-refractivity contribution in [2.45, 2.75) is 35.3 Å². The quantitative estimate of drug-likeness (QED) is 0.147. The number of rotatable bonds is 8. The second-order valence-corrected chi connectivity index (χ2v) is 10.2. The van der Waals surface area contributed by atoms with Gasteiger partial charge in [0.2, 0.25) is 5.78 Å². The van der Waals surface area contributed by atoms with Crippen LogP contribution in [-0.4, -0.2) is 31.2 Å². The molecule has 196 valence electrons. The Bertz CT molecular complexity index is 1340. The van der Waals surface area contributed by atoms with Gasteiger partial charge in [0.25, 0.3) is 5.79 Å². The number of methoxy groups -OCH3 is 2. The molecule has 0 fully saturated rings. The molecule has 0 spiro atoms. The highest BCUT2D eigenvalue weighted by Crippen LogP contribution is 2.36. The third kappa shape index (κ3) is 5.84. The van der Waals surface area contributed by atoms with Crippen LogP contribution in [0.1, 0.15) is 40.4 Å². The molecule has 38 heavy (non-hydrogen) atoms. The van der Waals surface area contributed by atoms with E-state index in [0.29, 0.717) is 11.1 Å². The van der Waals surface area contributed by atoms with Crippen LogP contribution in [0.15, 0.2) is 113 Å². The zero-order chi connectivity index (χ0) is 27.0. The van der Waals surface area contributed by atoms with Crippen LogP contribution in [-0.2, 0) is 32.9 Å². The van der Waals surface area contributed by atoms with Crippen molar-refractivity contribution < 1.29 is 23.6 Å². The topological polar surface area (TPSA) is 67.8 Å². The van der Waals surface area contributed by atoms with Gasteiger partial charge in [-0.15, -0.1) is 0 Å². The van der Waals surface area contributed by atoms with Crippen molar-refractivity contribution in [2.24, 2.45) is 0 Å². The van der Waals surface area contributed by atoms with Crippen molar-refractivity contribution in [3.8, 4) is 5.75 Å². The highest BCUT2D eigenvalue weighted by atomic mass is 32.2. The maximum atomic E-state index is 12.7. The van der Waals surface area contributed by atoms with Gasteiger partial charge >= 0.3 is 0 Å². The molecule has 0 saturated carbocycles. The summed E-state index contributed by atoms with van der Waals surface area (Å²) in [5.41, 5.74) is 3.50. The molecular weight excluding hydrogens is 496 g/mol. The van der Waals surface area contributed by atoms with Crippen molar-refractivity contribution in [3.63, 3.8) is 0 Å². The first-order valence-corrected chi connectivity index (χ1v) is 13.7. The minimum Gasteiger partial charge on any atom is -0.606 e. The smallest absolute Gasteiger partial charge is 0.260 e. The van der Waals surface area contributed by atoms with E-state index in [9.17, 15) is 9.35 Å². The van der Waals surface area contributed by atoms with E-state index in [1.165, 1.54) is 14.2 Å². The zero-order valence-electron chi connectivity index (χ0n) is 21.9. The minimum absolute atomic E-state index is 0.218. The molecule has 0 N–H and O–H groups in total. The summed E-state index contributed by atoms with van der Waals surface area (Å²) < 4.78 is 29.0. The van der Waals surface area contributed by atoms with E-state index in [1.807, 2.05) is 84.9 Å². The van der Waals surface area contributed by atoms with E-state index in [1.54, 1.807) is 12.1 Å². The summed E-state index contributed by atoms with van der Waals surface area (Å²) >= 11 is -1.06. The SMILES string of the molecule is CCCOc1ccc2c(c1)Cc1ccccc1[S+]2[O-].COC(OC)(C(=O)c1ccccc1)c1ccccc1. The Morgan fingerprint density at radius 3 is 2.08 bits per heavy atom. The Balaban J connectivity index is 0.000000177. The number of fused-ring (bicyclic) bond motifs is 2. The number of ether oxygens (including phenoxy) is 3. The van der Waals surface area contributed by atoms with Gasteiger partial charge in [0, 0.05) is 54.1 Å². The summed E-state index contributed by atoms with van der Waals surface area (Å²) in [4.78, 5) is 14.5. The fourth-order valence-corrected chi connectivity index (χ4v) is 5.79. The minimum atomic E-state index is -1.40. The van der Waals surface area contributed by atoms with E-state index in [2.05, 4.69) is 13.0 Å². The zero-order valence-corrected chi connectivity index (χ0v) is 22.7. The molecule has 0 aliphatic carbocycles. The third-order valence-corrected chi connectivity index (χ3v) is 7.92. The Morgan fingerprint density at radius 2 is 1.42 bits per heavy atom. The number of carbonyl (C=O) groups is 1. The number of hydrogen-bond acceptors (Lipinski definition) is 5. The average Bonchev–Trinajstić information content (AvgIpc) is 2.98. The van der Waals surface area contributed by atoms with E-state index in [-0.39, 0.29) is 5.78 Å². The third-order valence-electron chi connectivity index (χ3n) is 6.32. The highest BCUT2D eigenvalue weighted by Gasteiger charge is 2.41. The fourth-order valence-electron chi connectivity index (χ4n) is 4.41. The van der Waals surface area contributed by atoms with Gasteiger partial charge in [-0.1, -0.05) is 85.8 Å². The second kappa shape index (κ2) is 12.9. The lowest BCUT2D eigenvalue weighted by Crippen LogP contribution is -2.39. The second-order valence-electron chi connectivity index (χ2n) is 8.76. The predicted molar refractivity (Wildman–Crippen MR) is 149 cm³/mol. The van der Waals surface area contributed by atoms with Crippen LogP contribution in [0.2, 0.25) is 0 Å². The van der Waals surface area contributed by atoms with Crippen molar-refractivity contribution in [1.29, 1.82) is 0 Å². The van der Waals surface area contributed by atoms with E-state index in [0.717, 1.165) is 46.1 Å². The molecule has 1 aliphatic rings. The van der Waals surface area contributed by atoms with Crippen molar-refractivity contribution >= 4 is 17.0 Å². The summed E-state index contributed by atoms with van der Waals surface area (Å²) in [6, 6.07) is 32.0. The normalized spacial score (nSPS) is 13.9. The van der Waals surface area contributed by atoms with Crippen LogP contribution in [0.5, 0.6) is 5.75 Å². The molecule has 5 rings (SSSR count). The molecule has 0 bridgehead atoms. The molecule has 4 aromatic carbocycles. The molecular formula is C32H32O5S. The number of carbonyl (C=O) groups excluding carboxylic acids is 1. The van der Waals surface area contributed by atoms with Crippen LogP contribution in [0, 0.1) is 0 Å². The van der Waals surface area contributed by atoms with Gasteiger partial charge in [0.05, 0.1) is 6.61 Å². The number of Topliss-reactive ketones (excluding diaryl/α,β-unsaturated/α-hetero) is 1. The maximum Gasteiger partial charge on any atom is 0.260 e. The van der Waals surface area contributed by atoms with Crippen molar-refractivity contribution in [2.75, 3.05) is 20.8 Å². The molecule has 5 nitrogen and oxygen atoms in total. The van der Waals surface area contributed by atoms with Crippen LogP contribution in [0.4, 0.5) is 0 Å². The Labute approximate surface area is 227 Å². The summed E-state index contributed by atoms with van der Waals surface area (Å²) in [5, 5.41) is 0. The van der Waals surface area contributed by atoms with Gasteiger partial charge < -0.3 is 18.8 Å². The van der Waals surface area contributed by atoms with Gasteiger partial charge in [-0.3, -0.25) is 4.79 Å². The van der Waals surface area contributed by atoms with Gasteiger partial charge in [-0.25, -0.2) is 0 Å². The van der Waals surface area contributed by atoms with Crippen LogP contribution >= 0.6 is 0 Å². The fraction of sp³-hybridized carbons (Fsp3) is 0.219. The van der Waals surface area contributed by atoms with Crippen LogP contribution in [0.3, 0.4) is 0 Å². The van der Waals surface area contributed by atoms with Gasteiger partial charge in [0.15, 0.2) is 9.79 Å². The lowest BCUT2D eigenvalue weighted by molar-refractivity contribution is -0.176. The van der Waals surface area contributed by atoms with Crippen molar-refractivity contribution in [1.82, 2.24) is 0 Å². The Hall–Kier alpha value is -3.42. The average molecular weight is 529 g/mol. The molecule has 1 aliphatic heterocycles. The number of benzene rings is 4. The molecule has 4 aromatic rings. The summed E-state index contributed by atoms with van der Waals surface area (Å²) in [7, 11) is 2.94. The first-order valence-electron chi connectivity index (χ1n) is 12.5. The lowest BCUT2D eigenvalue weighted by Gasteiger charge is -2.29. The summed E-state index contributed by atoms with van der Waals surface area (Å²) in [5.74, 6) is -0.746. The standard InChI is InChI=1S/C16H16O3.C16H16O2S/c1-18-16(19-2,14-11-7-4-8-12-14)15(17)13-9-5-3-6-10-13;1-2-9-18-14-7-8-16-13(11-14)10-12-5-3-4-6-15(12)19(16)17/h3-12H,1-2H3;3-8,11H,2,9-10H2,1H3.